The molecule has 0 saturated carbocycles. The Hall–Kier alpha value is -3.35. The average Bonchev–Trinajstić information content (AvgIpc) is 3.32. The van der Waals surface area contributed by atoms with E-state index in [1.807, 2.05) is 30.3 Å². The van der Waals surface area contributed by atoms with Crippen LogP contribution in [0, 0.1) is 0 Å². The summed E-state index contributed by atoms with van der Waals surface area (Å²) in [6.45, 7) is 0.366. The van der Waals surface area contributed by atoms with Crippen LogP contribution < -0.4 is 14.4 Å². The Balaban J connectivity index is 1.49. The molecule has 156 valence electrons. The van der Waals surface area contributed by atoms with Crippen molar-refractivity contribution < 1.29 is 24.2 Å². The molecule has 6 nitrogen and oxygen atoms in total. The summed E-state index contributed by atoms with van der Waals surface area (Å²) in [5, 5.41) is 11.9. The van der Waals surface area contributed by atoms with Crippen LogP contribution >= 0.6 is 11.6 Å². The first-order valence-electron chi connectivity index (χ1n) is 9.77. The molecule has 0 aliphatic carbocycles. The van der Waals surface area contributed by atoms with Gasteiger partial charge in [0.25, 0.3) is 5.91 Å². The van der Waals surface area contributed by atoms with Gasteiger partial charge < -0.3 is 19.5 Å². The van der Waals surface area contributed by atoms with Gasteiger partial charge in [0.05, 0.1) is 18.7 Å². The number of anilines is 1. The predicted molar refractivity (Wildman–Crippen MR) is 114 cm³/mol. The van der Waals surface area contributed by atoms with Crippen LogP contribution in [-0.2, 0) is 16.9 Å². The lowest BCUT2D eigenvalue weighted by Crippen LogP contribution is -2.41. The zero-order valence-electron chi connectivity index (χ0n) is 16.4. The van der Waals surface area contributed by atoms with E-state index in [-0.39, 0.29) is 19.1 Å². The largest absolute Gasteiger partial charge is 0.454 e. The molecule has 2 aliphatic heterocycles. The average molecular weight is 436 g/mol. The highest BCUT2D eigenvalue weighted by Gasteiger charge is 2.51. The molecule has 5 rings (SSSR count). The number of fused-ring (bicyclic) bond motifs is 2. The molecule has 3 aromatic carbocycles. The van der Waals surface area contributed by atoms with E-state index in [1.54, 1.807) is 36.4 Å². The molecule has 2 heterocycles. The molecule has 0 fully saturated rings. The fraction of sp³-hybridized carbons (Fsp3) is 0.167. The Labute approximate surface area is 183 Å². The van der Waals surface area contributed by atoms with Gasteiger partial charge in [-0.1, -0.05) is 41.9 Å². The first-order valence-corrected chi connectivity index (χ1v) is 10.1. The molecule has 0 saturated heterocycles. The third-order valence-electron chi connectivity index (χ3n) is 5.59. The highest BCUT2D eigenvalue weighted by Crippen LogP contribution is 2.45. The maximum atomic E-state index is 13.4. The molecule has 0 spiro atoms. The monoisotopic (exact) mass is 435 g/mol. The van der Waals surface area contributed by atoms with Gasteiger partial charge in [-0.2, -0.15) is 0 Å². The number of Topliss-reactive ketones (excluding diaryl/α,β-unsaturated/α-hetero) is 1. The number of hydrogen-bond donors (Lipinski definition) is 1. The van der Waals surface area contributed by atoms with Crippen LogP contribution in [-0.4, -0.2) is 23.6 Å². The Morgan fingerprint density at radius 1 is 1.03 bits per heavy atom. The number of aliphatic hydroxyl groups is 1. The molecule has 0 aromatic heterocycles. The van der Waals surface area contributed by atoms with Crippen LogP contribution in [0.3, 0.4) is 0 Å². The van der Waals surface area contributed by atoms with Gasteiger partial charge in [0.15, 0.2) is 22.9 Å². The van der Waals surface area contributed by atoms with Crippen molar-refractivity contribution in [1.29, 1.82) is 0 Å². The van der Waals surface area contributed by atoms with Gasteiger partial charge in [-0.3, -0.25) is 9.59 Å². The van der Waals surface area contributed by atoms with Crippen LogP contribution in [0.15, 0.2) is 66.7 Å². The third kappa shape index (κ3) is 3.34. The number of halogens is 1. The van der Waals surface area contributed by atoms with Crippen molar-refractivity contribution in [3.63, 3.8) is 0 Å². The quantitative estimate of drug-likeness (QED) is 0.611. The van der Waals surface area contributed by atoms with Crippen LogP contribution in [0.2, 0.25) is 5.02 Å². The van der Waals surface area contributed by atoms with E-state index in [0.717, 1.165) is 5.56 Å². The predicted octanol–water partition coefficient (Wildman–Crippen LogP) is 4.08. The molecule has 1 amide bonds. The van der Waals surface area contributed by atoms with Crippen molar-refractivity contribution in [3.05, 3.63) is 88.4 Å². The Bertz CT molecular complexity index is 1200. The maximum Gasteiger partial charge on any atom is 0.264 e. The number of amides is 1. The second-order valence-corrected chi connectivity index (χ2v) is 8.00. The fourth-order valence-corrected chi connectivity index (χ4v) is 4.19. The Morgan fingerprint density at radius 2 is 1.81 bits per heavy atom. The van der Waals surface area contributed by atoms with Crippen molar-refractivity contribution in [1.82, 2.24) is 0 Å². The van der Waals surface area contributed by atoms with Crippen molar-refractivity contribution in [2.24, 2.45) is 0 Å². The summed E-state index contributed by atoms with van der Waals surface area (Å²) in [5.74, 6) is 0.0763. The van der Waals surface area contributed by atoms with Gasteiger partial charge in [0.1, 0.15) is 0 Å². The summed E-state index contributed by atoms with van der Waals surface area (Å²) in [6.07, 6.45) is -0.413. The highest BCUT2D eigenvalue weighted by molar-refractivity contribution is 6.31. The summed E-state index contributed by atoms with van der Waals surface area (Å²) in [7, 11) is 0. The van der Waals surface area contributed by atoms with Gasteiger partial charge >= 0.3 is 0 Å². The summed E-state index contributed by atoms with van der Waals surface area (Å²) < 4.78 is 10.6. The van der Waals surface area contributed by atoms with Gasteiger partial charge in [0.2, 0.25) is 6.79 Å². The number of benzene rings is 3. The molecule has 0 bridgehead atoms. The lowest BCUT2D eigenvalue weighted by atomic mass is 9.88. The summed E-state index contributed by atoms with van der Waals surface area (Å²) >= 11 is 6.17. The van der Waals surface area contributed by atoms with Gasteiger partial charge in [0, 0.05) is 16.1 Å². The number of rotatable bonds is 5. The van der Waals surface area contributed by atoms with Gasteiger partial charge in [-0.05, 0) is 42.0 Å². The number of ether oxygens (including phenoxy) is 2. The number of hydrogen-bond acceptors (Lipinski definition) is 5. The van der Waals surface area contributed by atoms with Crippen molar-refractivity contribution >= 4 is 29.0 Å². The molecule has 0 radical (unpaired) electrons. The maximum absolute atomic E-state index is 13.4. The molecule has 7 heteroatoms. The zero-order chi connectivity index (χ0) is 21.6. The molecular formula is C24H18ClNO5. The smallest absolute Gasteiger partial charge is 0.264 e. The number of nitrogens with zero attached hydrogens (tertiary/aromatic N) is 1. The summed E-state index contributed by atoms with van der Waals surface area (Å²) in [5.41, 5.74) is 0.0931. The van der Waals surface area contributed by atoms with E-state index in [9.17, 15) is 14.7 Å². The van der Waals surface area contributed by atoms with Crippen molar-refractivity contribution in [3.8, 4) is 11.5 Å². The van der Waals surface area contributed by atoms with Gasteiger partial charge in [-0.25, -0.2) is 0 Å². The minimum atomic E-state index is -2.01. The Morgan fingerprint density at radius 3 is 2.61 bits per heavy atom. The second kappa shape index (κ2) is 7.41. The van der Waals surface area contributed by atoms with E-state index < -0.39 is 17.9 Å². The standard InChI is InChI=1S/C24H18ClNO5/c25-17-7-8-19-18(11-17)24(29,23(28)26(19)13-15-4-2-1-3-5-15)12-20(27)16-6-9-21-22(10-16)31-14-30-21/h1-11,29H,12-14H2. The fourth-order valence-electron chi connectivity index (χ4n) is 4.02. The van der Waals surface area contributed by atoms with E-state index >= 15 is 0 Å². The number of carbonyl (C=O) groups is 2. The first-order chi connectivity index (χ1) is 15.0. The van der Waals surface area contributed by atoms with E-state index in [2.05, 4.69) is 0 Å². The first kappa shape index (κ1) is 19.6. The second-order valence-electron chi connectivity index (χ2n) is 7.57. The van der Waals surface area contributed by atoms with Crippen molar-refractivity contribution in [2.45, 2.75) is 18.6 Å². The summed E-state index contributed by atoms with van der Waals surface area (Å²) in [6, 6.07) is 19.2. The normalized spacial score (nSPS) is 18.9. The van der Waals surface area contributed by atoms with E-state index in [4.69, 9.17) is 21.1 Å². The topological polar surface area (TPSA) is 76.1 Å². The molecule has 1 unspecified atom stereocenters. The van der Waals surface area contributed by atoms with Gasteiger partial charge in [-0.15, -0.1) is 0 Å². The molecule has 2 aliphatic rings. The number of ketones is 1. The van der Waals surface area contributed by atoms with E-state index in [1.165, 1.54) is 4.90 Å². The van der Waals surface area contributed by atoms with Crippen LogP contribution in [0.5, 0.6) is 11.5 Å². The molecule has 3 aromatic rings. The minimum Gasteiger partial charge on any atom is -0.454 e. The SMILES string of the molecule is O=C(CC1(O)C(=O)N(Cc2ccccc2)c2ccc(Cl)cc21)c1ccc2c(c1)OCO2. The lowest BCUT2D eigenvalue weighted by molar-refractivity contribution is -0.136. The molecule has 31 heavy (non-hydrogen) atoms. The van der Waals surface area contributed by atoms with Crippen LogP contribution in [0.1, 0.15) is 27.9 Å². The molecular weight excluding hydrogens is 418 g/mol. The van der Waals surface area contributed by atoms with Crippen LogP contribution in [0.25, 0.3) is 0 Å². The highest BCUT2D eigenvalue weighted by atomic mass is 35.5. The van der Waals surface area contributed by atoms with Crippen LogP contribution in [0.4, 0.5) is 5.69 Å². The van der Waals surface area contributed by atoms with Crippen molar-refractivity contribution in [2.75, 3.05) is 11.7 Å². The Kier molecular flexibility index (Phi) is 4.68. The zero-order valence-corrected chi connectivity index (χ0v) is 17.1. The minimum absolute atomic E-state index is 0.0930. The lowest BCUT2D eigenvalue weighted by Gasteiger charge is -2.23. The molecule has 1 atom stereocenters. The van der Waals surface area contributed by atoms with E-state index in [0.29, 0.717) is 33.3 Å². The molecule has 1 N–H and O–H groups in total. The third-order valence-corrected chi connectivity index (χ3v) is 5.82. The summed E-state index contributed by atoms with van der Waals surface area (Å²) in [4.78, 5) is 27.9. The number of carbonyl (C=O) groups excluding carboxylic acids is 2.